The highest BCUT2D eigenvalue weighted by Gasteiger charge is 2.13. The Kier molecular flexibility index (Phi) is 5.59. The number of rotatable bonds is 5. The summed E-state index contributed by atoms with van der Waals surface area (Å²) in [5.74, 6) is 0.252. The van der Waals surface area contributed by atoms with Crippen molar-refractivity contribution in [3.05, 3.63) is 27.7 Å². The standard InChI is InChI=1S/C12H14Cl2O3/c1-3-16-11-7-10(14)9(13)5-8(11)6-12(15)17-4-2/h5,7H,3-4,6H2,1-2H3. The lowest BCUT2D eigenvalue weighted by Gasteiger charge is -2.11. The molecule has 0 saturated heterocycles. The van der Waals surface area contributed by atoms with E-state index in [2.05, 4.69) is 0 Å². The minimum atomic E-state index is -0.313. The Morgan fingerprint density at radius 3 is 2.41 bits per heavy atom. The van der Waals surface area contributed by atoms with E-state index in [1.165, 1.54) is 0 Å². The van der Waals surface area contributed by atoms with Crippen molar-refractivity contribution in [1.82, 2.24) is 0 Å². The maximum atomic E-state index is 11.4. The number of benzene rings is 1. The van der Waals surface area contributed by atoms with Crippen LogP contribution in [0, 0.1) is 0 Å². The lowest BCUT2D eigenvalue weighted by Crippen LogP contribution is -2.09. The molecule has 1 aromatic carbocycles. The monoisotopic (exact) mass is 276 g/mol. The zero-order chi connectivity index (χ0) is 12.8. The van der Waals surface area contributed by atoms with E-state index in [0.29, 0.717) is 34.6 Å². The molecule has 17 heavy (non-hydrogen) atoms. The van der Waals surface area contributed by atoms with Crippen molar-refractivity contribution in [1.29, 1.82) is 0 Å². The van der Waals surface area contributed by atoms with Crippen LogP contribution in [0.3, 0.4) is 0 Å². The fraction of sp³-hybridized carbons (Fsp3) is 0.417. The number of esters is 1. The average Bonchev–Trinajstić information content (AvgIpc) is 2.26. The van der Waals surface area contributed by atoms with Crippen LogP contribution in [0.2, 0.25) is 10.0 Å². The minimum absolute atomic E-state index is 0.125. The molecule has 0 saturated carbocycles. The summed E-state index contributed by atoms with van der Waals surface area (Å²) in [5, 5.41) is 0.803. The van der Waals surface area contributed by atoms with Crippen molar-refractivity contribution >= 4 is 29.2 Å². The van der Waals surface area contributed by atoms with Gasteiger partial charge < -0.3 is 9.47 Å². The van der Waals surface area contributed by atoms with Crippen LogP contribution in [0.4, 0.5) is 0 Å². The number of hydrogen-bond donors (Lipinski definition) is 0. The van der Waals surface area contributed by atoms with Gasteiger partial charge in [0.1, 0.15) is 5.75 Å². The van der Waals surface area contributed by atoms with Gasteiger partial charge in [-0.2, -0.15) is 0 Å². The number of hydrogen-bond acceptors (Lipinski definition) is 3. The van der Waals surface area contributed by atoms with Crippen molar-refractivity contribution in [2.24, 2.45) is 0 Å². The second-order valence-electron chi connectivity index (χ2n) is 3.29. The van der Waals surface area contributed by atoms with Gasteiger partial charge in [0.05, 0.1) is 29.7 Å². The van der Waals surface area contributed by atoms with Gasteiger partial charge in [-0.15, -0.1) is 0 Å². The molecule has 0 aliphatic heterocycles. The fourth-order valence-electron chi connectivity index (χ4n) is 1.37. The molecule has 0 atom stereocenters. The molecule has 0 aliphatic carbocycles. The van der Waals surface area contributed by atoms with Crippen LogP contribution in [0.15, 0.2) is 12.1 Å². The topological polar surface area (TPSA) is 35.5 Å². The number of carbonyl (C=O) groups is 1. The van der Waals surface area contributed by atoms with Crippen molar-refractivity contribution < 1.29 is 14.3 Å². The first kappa shape index (κ1) is 14.1. The first-order valence-electron chi connectivity index (χ1n) is 5.34. The largest absolute Gasteiger partial charge is 0.494 e. The molecule has 0 fully saturated rings. The van der Waals surface area contributed by atoms with E-state index >= 15 is 0 Å². The van der Waals surface area contributed by atoms with E-state index in [9.17, 15) is 4.79 Å². The first-order valence-corrected chi connectivity index (χ1v) is 6.10. The molecule has 0 amide bonds. The molecule has 0 aliphatic rings. The van der Waals surface area contributed by atoms with E-state index in [1.807, 2.05) is 6.92 Å². The molecule has 0 radical (unpaired) electrons. The van der Waals surface area contributed by atoms with Crippen molar-refractivity contribution in [2.45, 2.75) is 20.3 Å². The lowest BCUT2D eigenvalue weighted by molar-refractivity contribution is -0.142. The maximum absolute atomic E-state index is 11.4. The minimum Gasteiger partial charge on any atom is -0.494 e. The highest BCUT2D eigenvalue weighted by atomic mass is 35.5. The van der Waals surface area contributed by atoms with Gasteiger partial charge in [-0.1, -0.05) is 23.2 Å². The Balaban J connectivity index is 2.95. The normalized spacial score (nSPS) is 10.1. The summed E-state index contributed by atoms with van der Waals surface area (Å²) < 4.78 is 10.3. The lowest BCUT2D eigenvalue weighted by atomic mass is 10.1. The SMILES string of the molecule is CCOC(=O)Cc1cc(Cl)c(Cl)cc1OCC. The fourth-order valence-corrected chi connectivity index (χ4v) is 1.71. The summed E-state index contributed by atoms with van der Waals surface area (Å²) in [6.07, 6.45) is 0.125. The molecule has 0 spiro atoms. The summed E-state index contributed by atoms with van der Waals surface area (Å²) in [6, 6.07) is 3.24. The van der Waals surface area contributed by atoms with E-state index in [4.69, 9.17) is 32.7 Å². The average molecular weight is 277 g/mol. The molecule has 0 N–H and O–H groups in total. The van der Waals surface area contributed by atoms with E-state index < -0.39 is 0 Å². The number of halogens is 2. The van der Waals surface area contributed by atoms with Crippen LogP contribution in [0.25, 0.3) is 0 Å². The van der Waals surface area contributed by atoms with Crippen LogP contribution < -0.4 is 4.74 Å². The Morgan fingerprint density at radius 1 is 1.18 bits per heavy atom. The summed E-state index contributed by atoms with van der Waals surface area (Å²) in [4.78, 5) is 11.4. The van der Waals surface area contributed by atoms with Crippen LogP contribution >= 0.6 is 23.2 Å². The highest BCUT2D eigenvalue weighted by Crippen LogP contribution is 2.31. The molecule has 94 valence electrons. The quantitative estimate of drug-likeness (QED) is 0.773. The Hall–Kier alpha value is -0.930. The van der Waals surface area contributed by atoms with Crippen LogP contribution in [-0.4, -0.2) is 19.2 Å². The third kappa shape index (κ3) is 4.10. The van der Waals surface area contributed by atoms with Gasteiger partial charge in [-0.3, -0.25) is 4.79 Å². The van der Waals surface area contributed by atoms with Crippen LogP contribution in [0.1, 0.15) is 19.4 Å². The van der Waals surface area contributed by atoms with E-state index in [0.717, 1.165) is 0 Å². The van der Waals surface area contributed by atoms with Crippen molar-refractivity contribution in [3.8, 4) is 5.75 Å². The van der Waals surface area contributed by atoms with Gasteiger partial charge in [0, 0.05) is 11.6 Å². The third-order valence-corrected chi connectivity index (χ3v) is 2.77. The highest BCUT2D eigenvalue weighted by molar-refractivity contribution is 6.42. The molecule has 0 unspecified atom stereocenters. The molecular formula is C12H14Cl2O3. The summed E-state index contributed by atoms with van der Waals surface area (Å²) in [7, 11) is 0. The third-order valence-electron chi connectivity index (χ3n) is 2.04. The second-order valence-corrected chi connectivity index (χ2v) is 4.10. The summed E-state index contributed by atoms with van der Waals surface area (Å²) in [6.45, 7) is 4.46. The number of carbonyl (C=O) groups excluding carboxylic acids is 1. The van der Waals surface area contributed by atoms with Gasteiger partial charge in [0.2, 0.25) is 0 Å². The van der Waals surface area contributed by atoms with Gasteiger partial charge in [-0.05, 0) is 19.9 Å². The molecule has 5 heteroatoms. The predicted molar refractivity (Wildman–Crippen MR) is 68.0 cm³/mol. The smallest absolute Gasteiger partial charge is 0.310 e. The summed E-state index contributed by atoms with van der Waals surface area (Å²) >= 11 is 11.8. The Bertz CT molecular complexity index is 405. The molecule has 1 rings (SSSR count). The molecule has 0 aromatic heterocycles. The van der Waals surface area contributed by atoms with Crippen molar-refractivity contribution in [2.75, 3.05) is 13.2 Å². The Morgan fingerprint density at radius 2 is 1.82 bits per heavy atom. The second kappa shape index (κ2) is 6.72. The van der Waals surface area contributed by atoms with Gasteiger partial charge >= 0.3 is 5.97 Å². The molecule has 1 aromatic rings. The van der Waals surface area contributed by atoms with Gasteiger partial charge in [0.15, 0.2) is 0 Å². The van der Waals surface area contributed by atoms with Crippen LogP contribution in [0.5, 0.6) is 5.75 Å². The zero-order valence-electron chi connectivity index (χ0n) is 9.76. The first-order chi connectivity index (χ1) is 8.08. The van der Waals surface area contributed by atoms with Crippen LogP contribution in [-0.2, 0) is 16.0 Å². The molecule has 3 nitrogen and oxygen atoms in total. The molecule has 0 heterocycles. The summed E-state index contributed by atoms with van der Waals surface area (Å²) in [5.41, 5.74) is 0.680. The number of ether oxygens (including phenoxy) is 2. The van der Waals surface area contributed by atoms with E-state index in [-0.39, 0.29) is 12.4 Å². The van der Waals surface area contributed by atoms with Gasteiger partial charge in [0.25, 0.3) is 0 Å². The zero-order valence-corrected chi connectivity index (χ0v) is 11.3. The maximum Gasteiger partial charge on any atom is 0.310 e. The Labute approximate surface area is 111 Å². The molecular weight excluding hydrogens is 263 g/mol. The van der Waals surface area contributed by atoms with Gasteiger partial charge in [-0.25, -0.2) is 0 Å². The predicted octanol–water partition coefficient (Wildman–Crippen LogP) is 3.50. The molecule has 0 bridgehead atoms. The van der Waals surface area contributed by atoms with Crippen molar-refractivity contribution in [3.63, 3.8) is 0 Å². The van der Waals surface area contributed by atoms with E-state index in [1.54, 1.807) is 19.1 Å².